The molecule has 1 aromatic rings. The second-order valence-electron chi connectivity index (χ2n) is 2.25. The van der Waals surface area contributed by atoms with Crippen LogP contribution in [0.5, 0.6) is 0 Å². The molecule has 14 heavy (non-hydrogen) atoms. The smallest absolute Gasteiger partial charge is 0.252 e. The van der Waals surface area contributed by atoms with Gasteiger partial charge in [-0.05, 0) is 6.07 Å². The lowest BCUT2D eigenvalue weighted by atomic mass is 10.3. The minimum absolute atomic E-state index is 0.712. The third kappa shape index (κ3) is 2.16. The van der Waals surface area contributed by atoms with Crippen molar-refractivity contribution in [2.24, 2.45) is 0 Å². The van der Waals surface area contributed by atoms with Gasteiger partial charge in [0.15, 0.2) is 5.82 Å². The van der Waals surface area contributed by atoms with E-state index in [9.17, 15) is 21.6 Å². The summed E-state index contributed by atoms with van der Waals surface area (Å²) >= 11 is 0. The lowest BCUT2D eigenvalue weighted by Crippen LogP contribution is -2.02. The van der Waals surface area contributed by atoms with Gasteiger partial charge in [0.05, 0.1) is 0 Å². The number of hydrogen-bond donors (Lipinski definition) is 0. The monoisotopic (exact) mass is 245 g/mol. The van der Waals surface area contributed by atoms with Gasteiger partial charge >= 0.3 is 0 Å². The van der Waals surface area contributed by atoms with Crippen molar-refractivity contribution < 1.29 is 21.6 Å². The molecule has 0 aromatic carbocycles. The van der Waals surface area contributed by atoms with Crippen molar-refractivity contribution in [3.63, 3.8) is 0 Å². The minimum atomic E-state index is -4.37. The summed E-state index contributed by atoms with van der Waals surface area (Å²) in [6.45, 7) is 0. The van der Waals surface area contributed by atoms with E-state index < -0.39 is 31.9 Å². The first kappa shape index (κ1) is 11.3. The minimum Gasteiger partial charge on any atom is -0.252 e. The largest absolute Gasteiger partial charge is 0.283 e. The highest BCUT2D eigenvalue weighted by Gasteiger charge is 2.23. The second-order valence-corrected chi connectivity index (χ2v) is 4.78. The SMILES string of the molecule is O=S(=O)(Cl)c1ccnc(C(F)F)c1F. The van der Waals surface area contributed by atoms with Crippen molar-refractivity contribution >= 4 is 19.7 Å². The van der Waals surface area contributed by atoms with E-state index in [1.807, 2.05) is 0 Å². The predicted octanol–water partition coefficient (Wildman–Crippen LogP) is 2.09. The molecule has 0 amide bonds. The number of alkyl halides is 2. The van der Waals surface area contributed by atoms with E-state index in [1.165, 1.54) is 0 Å². The molecule has 0 bridgehead atoms. The zero-order valence-corrected chi connectivity index (χ0v) is 7.99. The van der Waals surface area contributed by atoms with E-state index in [-0.39, 0.29) is 0 Å². The average molecular weight is 246 g/mol. The maximum absolute atomic E-state index is 13.0. The molecule has 0 fully saturated rings. The maximum Gasteiger partial charge on any atom is 0.283 e. The summed E-state index contributed by atoms with van der Waals surface area (Å²) < 4.78 is 58.5. The van der Waals surface area contributed by atoms with Gasteiger partial charge in [-0.25, -0.2) is 21.6 Å². The summed E-state index contributed by atoms with van der Waals surface area (Å²) in [7, 11) is 0.434. The van der Waals surface area contributed by atoms with E-state index in [2.05, 4.69) is 4.98 Å². The third-order valence-corrected chi connectivity index (χ3v) is 2.69. The summed E-state index contributed by atoms with van der Waals surface area (Å²) in [6, 6.07) is 0.712. The van der Waals surface area contributed by atoms with Crippen LogP contribution in [0.4, 0.5) is 13.2 Å². The topological polar surface area (TPSA) is 47.0 Å². The Morgan fingerprint density at radius 3 is 2.43 bits per heavy atom. The van der Waals surface area contributed by atoms with Gasteiger partial charge < -0.3 is 0 Å². The molecule has 0 saturated heterocycles. The van der Waals surface area contributed by atoms with Gasteiger partial charge in [-0.15, -0.1) is 0 Å². The van der Waals surface area contributed by atoms with Crippen LogP contribution in [0.15, 0.2) is 17.2 Å². The number of aromatic nitrogens is 1. The Morgan fingerprint density at radius 1 is 1.43 bits per heavy atom. The van der Waals surface area contributed by atoms with E-state index in [1.54, 1.807) is 0 Å². The number of hydrogen-bond acceptors (Lipinski definition) is 3. The first-order chi connectivity index (χ1) is 6.34. The molecule has 0 spiro atoms. The Bertz CT molecular complexity index is 448. The molecule has 0 atom stereocenters. The summed E-state index contributed by atoms with van der Waals surface area (Å²) in [5.74, 6) is -1.61. The van der Waals surface area contributed by atoms with Crippen LogP contribution in [0.25, 0.3) is 0 Å². The van der Waals surface area contributed by atoms with Crippen molar-refractivity contribution in [1.82, 2.24) is 4.98 Å². The van der Waals surface area contributed by atoms with Crippen LogP contribution in [-0.2, 0) is 9.05 Å². The fourth-order valence-corrected chi connectivity index (χ4v) is 1.68. The molecule has 0 radical (unpaired) electrons. The second kappa shape index (κ2) is 3.74. The average Bonchev–Trinajstić information content (AvgIpc) is 2.01. The molecule has 8 heteroatoms. The van der Waals surface area contributed by atoms with Crippen molar-refractivity contribution in [3.8, 4) is 0 Å². The number of halogens is 4. The highest BCUT2D eigenvalue weighted by molar-refractivity contribution is 8.13. The van der Waals surface area contributed by atoms with Gasteiger partial charge in [-0.1, -0.05) is 0 Å². The first-order valence-electron chi connectivity index (χ1n) is 3.21. The summed E-state index contributed by atoms with van der Waals surface area (Å²) in [4.78, 5) is 2.01. The van der Waals surface area contributed by atoms with Crippen molar-refractivity contribution in [3.05, 3.63) is 23.8 Å². The quantitative estimate of drug-likeness (QED) is 0.750. The molecule has 0 aliphatic rings. The molecule has 0 saturated carbocycles. The van der Waals surface area contributed by atoms with Gasteiger partial charge in [0.1, 0.15) is 10.6 Å². The van der Waals surface area contributed by atoms with Crippen LogP contribution in [-0.4, -0.2) is 13.4 Å². The summed E-state index contributed by atoms with van der Waals surface area (Å²) in [6.07, 6.45) is -2.44. The van der Waals surface area contributed by atoms with E-state index >= 15 is 0 Å². The normalized spacial score (nSPS) is 12.1. The zero-order chi connectivity index (χ0) is 10.9. The summed E-state index contributed by atoms with van der Waals surface area (Å²) in [5.41, 5.74) is -1.23. The highest BCUT2D eigenvalue weighted by atomic mass is 35.7. The third-order valence-electron chi connectivity index (χ3n) is 1.35. The van der Waals surface area contributed by atoms with Crippen LogP contribution in [0.3, 0.4) is 0 Å². The van der Waals surface area contributed by atoms with Gasteiger partial charge in [-0.2, -0.15) is 0 Å². The fraction of sp³-hybridized carbons (Fsp3) is 0.167. The molecule has 78 valence electrons. The van der Waals surface area contributed by atoms with Gasteiger partial charge in [0.2, 0.25) is 0 Å². The molecular weight excluding hydrogens is 243 g/mol. The Morgan fingerprint density at radius 2 is 2.00 bits per heavy atom. The van der Waals surface area contributed by atoms with Crippen LogP contribution in [0.1, 0.15) is 12.1 Å². The molecule has 1 rings (SSSR count). The Balaban J connectivity index is 3.43. The van der Waals surface area contributed by atoms with E-state index in [4.69, 9.17) is 10.7 Å². The number of rotatable bonds is 2. The molecule has 1 heterocycles. The van der Waals surface area contributed by atoms with Gasteiger partial charge in [-0.3, -0.25) is 4.98 Å². The predicted molar refractivity (Wildman–Crippen MR) is 42.2 cm³/mol. The number of pyridine rings is 1. The van der Waals surface area contributed by atoms with Gasteiger partial charge in [0.25, 0.3) is 15.5 Å². The fourth-order valence-electron chi connectivity index (χ4n) is 0.782. The molecule has 0 aliphatic heterocycles. The molecule has 0 N–H and O–H groups in total. The zero-order valence-electron chi connectivity index (χ0n) is 6.42. The van der Waals surface area contributed by atoms with Crippen molar-refractivity contribution in [2.45, 2.75) is 11.3 Å². The highest BCUT2D eigenvalue weighted by Crippen LogP contribution is 2.25. The maximum atomic E-state index is 13.0. The Kier molecular flexibility index (Phi) is 3.01. The Hall–Kier alpha value is -0.820. The first-order valence-corrected chi connectivity index (χ1v) is 5.52. The molecule has 0 aliphatic carbocycles. The molecular formula is C6H3ClF3NO2S. The van der Waals surface area contributed by atoms with Crippen LogP contribution >= 0.6 is 10.7 Å². The van der Waals surface area contributed by atoms with Crippen LogP contribution in [0, 0.1) is 5.82 Å². The van der Waals surface area contributed by atoms with Gasteiger partial charge in [0, 0.05) is 16.9 Å². The summed E-state index contributed by atoms with van der Waals surface area (Å²) in [5, 5.41) is 0. The lowest BCUT2D eigenvalue weighted by Gasteiger charge is -2.03. The standard InChI is InChI=1S/C6H3ClF3NO2S/c7-14(12,13)3-1-2-11-5(4(3)8)6(9)10/h1-2,6H. The molecule has 0 unspecified atom stereocenters. The lowest BCUT2D eigenvalue weighted by molar-refractivity contribution is 0.139. The molecule has 1 aromatic heterocycles. The van der Waals surface area contributed by atoms with Crippen molar-refractivity contribution in [1.29, 1.82) is 0 Å². The molecule has 3 nitrogen and oxygen atoms in total. The van der Waals surface area contributed by atoms with E-state index in [0.717, 1.165) is 6.20 Å². The van der Waals surface area contributed by atoms with E-state index in [0.29, 0.717) is 6.07 Å². The Labute approximate surface area is 81.9 Å². The number of nitrogens with zero attached hydrogens (tertiary/aromatic N) is 1. The van der Waals surface area contributed by atoms with Crippen molar-refractivity contribution in [2.75, 3.05) is 0 Å². The van der Waals surface area contributed by atoms with Crippen LogP contribution in [0.2, 0.25) is 0 Å². The van der Waals surface area contributed by atoms with Crippen LogP contribution < -0.4 is 0 Å².